The molecule has 110 valence electrons. The molecular weight excluding hydrogens is 268 g/mol. The minimum absolute atomic E-state index is 0.0650. The van der Waals surface area contributed by atoms with Crippen LogP contribution in [0.4, 0.5) is 0 Å². The van der Waals surface area contributed by atoms with Crippen LogP contribution in [0.25, 0.3) is 0 Å². The molecule has 0 aliphatic rings. The lowest BCUT2D eigenvalue weighted by Crippen LogP contribution is -2.13. The van der Waals surface area contributed by atoms with Crippen LogP contribution < -0.4 is 14.2 Å². The lowest BCUT2D eigenvalue weighted by Gasteiger charge is -2.11. The smallest absolute Gasteiger partial charge is 0.203 e. The molecule has 0 radical (unpaired) electrons. The number of para-hydroxylation sites is 3. The molecule has 0 fully saturated rings. The summed E-state index contributed by atoms with van der Waals surface area (Å²) in [5, 5.41) is 0. The fraction of sp³-hybridized carbons (Fsp3) is 0.235. The molecule has 4 heteroatoms. The van der Waals surface area contributed by atoms with Gasteiger partial charge in [0.1, 0.15) is 5.75 Å². The van der Waals surface area contributed by atoms with E-state index in [2.05, 4.69) is 0 Å². The molecule has 21 heavy (non-hydrogen) atoms. The third-order valence-electron chi connectivity index (χ3n) is 2.92. The van der Waals surface area contributed by atoms with E-state index in [1.54, 1.807) is 37.4 Å². The Morgan fingerprint density at radius 2 is 1.52 bits per heavy atom. The van der Waals surface area contributed by atoms with Crippen LogP contribution in [-0.4, -0.2) is 26.1 Å². The van der Waals surface area contributed by atoms with Gasteiger partial charge in [0.25, 0.3) is 0 Å². The first-order valence-electron chi connectivity index (χ1n) is 6.77. The first-order valence-corrected chi connectivity index (χ1v) is 6.77. The number of rotatable bonds is 7. The van der Waals surface area contributed by atoms with Gasteiger partial charge < -0.3 is 14.2 Å². The maximum Gasteiger partial charge on any atom is 0.203 e. The average Bonchev–Trinajstić information content (AvgIpc) is 2.53. The zero-order chi connectivity index (χ0) is 15.1. The van der Waals surface area contributed by atoms with Gasteiger partial charge in [0.2, 0.25) is 5.78 Å². The summed E-state index contributed by atoms with van der Waals surface area (Å²) in [6.07, 6.45) is 0. The van der Waals surface area contributed by atoms with Crippen LogP contribution in [0.15, 0.2) is 48.5 Å². The summed E-state index contributed by atoms with van der Waals surface area (Å²) >= 11 is 0. The third-order valence-corrected chi connectivity index (χ3v) is 2.92. The number of carbonyl (C=O) groups excluding carboxylic acids is 1. The van der Waals surface area contributed by atoms with Gasteiger partial charge in [-0.15, -0.1) is 0 Å². The third kappa shape index (κ3) is 3.75. The van der Waals surface area contributed by atoms with Crippen LogP contribution >= 0.6 is 0 Å². The van der Waals surface area contributed by atoms with Crippen molar-refractivity contribution in [3.63, 3.8) is 0 Å². The van der Waals surface area contributed by atoms with Gasteiger partial charge in [0, 0.05) is 0 Å². The van der Waals surface area contributed by atoms with E-state index < -0.39 is 0 Å². The van der Waals surface area contributed by atoms with Crippen molar-refractivity contribution in [3.8, 4) is 17.2 Å². The average molecular weight is 286 g/mol. The Balaban J connectivity index is 2.08. The van der Waals surface area contributed by atoms with Gasteiger partial charge in [-0.05, 0) is 31.2 Å². The minimum Gasteiger partial charge on any atom is -0.493 e. The minimum atomic E-state index is -0.134. The first kappa shape index (κ1) is 14.9. The molecule has 0 spiro atoms. The number of methoxy groups -OCH3 is 1. The van der Waals surface area contributed by atoms with Crippen molar-refractivity contribution in [2.45, 2.75) is 6.92 Å². The van der Waals surface area contributed by atoms with Gasteiger partial charge in [-0.3, -0.25) is 4.79 Å². The highest BCUT2D eigenvalue weighted by Crippen LogP contribution is 2.26. The predicted molar refractivity (Wildman–Crippen MR) is 80.4 cm³/mol. The number of hydrogen-bond donors (Lipinski definition) is 0. The summed E-state index contributed by atoms with van der Waals surface area (Å²) in [5.74, 6) is 1.59. The molecule has 0 aromatic heterocycles. The van der Waals surface area contributed by atoms with Crippen LogP contribution in [0.3, 0.4) is 0 Å². The van der Waals surface area contributed by atoms with Crippen LogP contribution in [0.1, 0.15) is 17.3 Å². The largest absolute Gasteiger partial charge is 0.493 e. The van der Waals surface area contributed by atoms with Crippen molar-refractivity contribution in [1.82, 2.24) is 0 Å². The maximum atomic E-state index is 12.3. The standard InChI is InChI=1S/C17H18O4/c1-3-20-15-9-5-4-8-13(15)14(18)12-21-17-11-7-6-10-16(17)19-2/h4-11H,3,12H2,1-2H3. The van der Waals surface area contributed by atoms with Crippen LogP contribution in [0, 0.1) is 0 Å². The number of benzene rings is 2. The van der Waals surface area contributed by atoms with Crippen molar-refractivity contribution < 1.29 is 19.0 Å². The van der Waals surface area contributed by atoms with Crippen molar-refractivity contribution in [1.29, 1.82) is 0 Å². The SMILES string of the molecule is CCOc1ccccc1C(=O)COc1ccccc1OC. The number of ether oxygens (including phenoxy) is 3. The van der Waals surface area contributed by atoms with Crippen molar-refractivity contribution >= 4 is 5.78 Å². The highest BCUT2D eigenvalue weighted by atomic mass is 16.5. The molecule has 0 saturated heterocycles. The predicted octanol–water partition coefficient (Wildman–Crippen LogP) is 3.36. The van der Waals surface area contributed by atoms with Gasteiger partial charge in [0.15, 0.2) is 18.1 Å². The fourth-order valence-electron chi connectivity index (χ4n) is 1.94. The molecular formula is C17H18O4. The first-order chi connectivity index (χ1) is 10.3. The Morgan fingerprint density at radius 1 is 0.905 bits per heavy atom. The van der Waals surface area contributed by atoms with E-state index in [1.165, 1.54) is 0 Å². The number of hydrogen-bond acceptors (Lipinski definition) is 4. The summed E-state index contributed by atoms with van der Waals surface area (Å²) in [6, 6.07) is 14.4. The van der Waals surface area contributed by atoms with Gasteiger partial charge in [-0.2, -0.15) is 0 Å². The Hall–Kier alpha value is -2.49. The number of Topliss-reactive ketones (excluding diaryl/α,β-unsaturated/α-hetero) is 1. The zero-order valence-corrected chi connectivity index (χ0v) is 12.2. The molecule has 2 rings (SSSR count). The summed E-state index contributed by atoms with van der Waals surface area (Å²) in [7, 11) is 1.56. The number of carbonyl (C=O) groups is 1. The molecule has 0 bridgehead atoms. The van der Waals surface area contributed by atoms with Crippen molar-refractivity contribution in [2.24, 2.45) is 0 Å². The Morgan fingerprint density at radius 3 is 2.19 bits per heavy atom. The molecule has 0 aliphatic heterocycles. The van der Waals surface area contributed by atoms with Crippen LogP contribution in [0.5, 0.6) is 17.2 Å². The van der Waals surface area contributed by atoms with E-state index in [0.29, 0.717) is 29.4 Å². The van der Waals surface area contributed by atoms with Crippen LogP contribution in [0.2, 0.25) is 0 Å². The molecule has 0 saturated carbocycles. The van der Waals surface area contributed by atoms with Gasteiger partial charge in [-0.1, -0.05) is 24.3 Å². The molecule has 0 atom stereocenters. The van der Waals surface area contributed by atoms with Crippen molar-refractivity contribution in [3.05, 3.63) is 54.1 Å². The topological polar surface area (TPSA) is 44.8 Å². The van der Waals surface area contributed by atoms with E-state index >= 15 is 0 Å². The monoisotopic (exact) mass is 286 g/mol. The van der Waals surface area contributed by atoms with Gasteiger partial charge >= 0.3 is 0 Å². The summed E-state index contributed by atoms with van der Waals surface area (Å²) in [4.78, 5) is 12.3. The maximum absolute atomic E-state index is 12.3. The van der Waals surface area contributed by atoms with E-state index in [-0.39, 0.29) is 12.4 Å². The summed E-state index contributed by atoms with van der Waals surface area (Å²) in [6.45, 7) is 2.33. The van der Waals surface area contributed by atoms with E-state index in [4.69, 9.17) is 14.2 Å². The number of ketones is 1. The second kappa shape index (κ2) is 7.33. The molecule has 2 aromatic carbocycles. The Bertz CT molecular complexity index is 607. The molecule has 0 heterocycles. The Labute approximate surface area is 124 Å². The Kier molecular flexibility index (Phi) is 5.21. The molecule has 2 aromatic rings. The molecule has 0 aliphatic carbocycles. The van der Waals surface area contributed by atoms with E-state index in [0.717, 1.165) is 0 Å². The van der Waals surface area contributed by atoms with E-state index in [1.807, 2.05) is 25.1 Å². The van der Waals surface area contributed by atoms with E-state index in [9.17, 15) is 4.79 Å². The molecule has 0 unspecified atom stereocenters. The molecule has 0 N–H and O–H groups in total. The van der Waals surface area contributed by atoms with Crippen molar-refractivity contribution in [2.75, 3.05) is 20.3 Å². The lowest BCUT2D eigenvalue weighted by molar-refractivity contribution is 0.0915. The normalized spacial score (nSPS) is 10.0. The van der Waals surface area contributed by atoms with Crippen LogP contribution in [-0.2, 0) is 0 Å². The second-order valence-corrected chi connectivity index (χ2v) is 4.29. The molecule has 0 amide bonds. The highest BCUT2D eigenvalue weighted by Gasteiger charge is 2.13. The quantitative estimate of drug-likeness (QED) is 0.732. The van der Waals surface area contributed by atoms with Gasteiger partial charge in [0.05, 0.1) is 19.3 Å². The molecule has 4 nitrogen and oxygen atoms in total. The lowest BCUT2D eigenvalue weighted by atomic mass is 10.1. The fourth-order valence-corrected chi connectivity index (χ4v) is 1.94. The van der Waals surface area contributed by atoms with Gasteiger partial charge in [-0.25, -0.2) is 0 Å². The summed E-state index contributed by atoms with van der Waals surface area (Å²) < 4.78 is 16.2. The zero-order valence-electron chi connectivity index (χ0n) is 12.2. The highest BCUT2D eigenvalue weighted by molar-refractivity contribution is 5.99. The summed E-state index contributed by atoms with van der Waals surface area (Å²) in [5.41, 5.74) is 0.522. The second-order valence-electron chi connectivity index (χ2n) is 4.29.